The minimum atomic E-state index is -0.818. The van der Waals surface area contributed by atoms with E-state index in [-0.39, 0.29) is 23.4 Å². The van der Waals surface area contributed by atoms with Gasteiger partial charge in [0.15, 0.2) is 0 Å². The number of carbonyl (C=O) groups is 2. The summed E-state index contributed by atoms with van der Waals surface area (Å²) >= 11 is 6.01. The number of benzene rings is 2. The van der Waals surface area contributed by atoms with E-state index in [0.29, 0.717) is 24.3 Å². The van der Waals surface area contributed by atoms with E-state index >= 15 is 0 Å². The van der Waals surface area contributed by atoms with Gasteiger partial charge in [0.05, 0.1) is 17.0 Å². The van der Waals surface area contributed by atoms with Gasteiger partial charge in [-0.3, -0.25) is 9.59 Å². The van der Waals surface area contributed by atoms with Crippen molar-refractivity contribution >= 4 is 29.2 Å². The van der Waals surface area contributed by atoms with Crippen LogP contribution in [-0.4, -0.2) is 17.0 Å². The topological polar surface area (TPSA) is 66.4 Å². The van der Waals surface area contributed by atoms with Gasteiger partial charge < -0.3 is 10.4 Å². The molecule has 1 atom stereocenters. The van der Waals surface area contributed by atoms with Crippen LogP contribution in [0.1, 0.15) is 55.6 Å². The average molecular weight is 430 g/mol. The van der Waals surface area contributed by atoms with Crippen LogP contribution in [0.15, 0.2) is 42.5 Å². The summed E-state index contributed by atoms with van der Waals surface area (Å²) in [6.45, 7) is 0. The van der Waals surface area contributed by atoms with Gasteiger partial charge in [-0.2, -0.15) is 0 Å². The zero-order valence-electron chi connectivity index (χ0n) is 16.7. The molecule has 0 heterocycles. The molecule has 2 N–H and O–H groups in total. The molecular weight excluding hydrogens is 405 g/mol. The normalized spacial score (nSPS) is 18.7. The van der Waals surface area contributed by atoms with Crippen LogP contribution >= 0.6 is 11.6 Å². The fraction of sp³-hybridized carbons (Fsp3) is 0.417. The summed E-state index contributed by atoms with van der Waals surface area (Å²) in [6, 6.07) is 11.7. The fourth-order valence-corrected chi connectivity index (χ4v) is 4.72. The van der Waals surface area contributed by atoms with Gasteiger partial charge in [-0.1, -0.05) is 42.6 Å². The van der Waals surface area contributed by atoms with Gasteiger partial charge in [0.2, 0.25) is 5.91 Å². The summed E-state index contributed by atoms with van der Waals surface area (Å²) in [4.78, 5) is 24.7. The molecule has 2 aliphatic carbocycles. The van der Waals surface area contributed by atoms with Crippen molar-refractivity contribution in [1.29, 1.82) is 0 Å². The molecule has 2 aromatic rings. The standard InChI is InChI=1S/C24H25ClFNO3/c25-18-8-6-17(7-9-18)21(16-3-1-2-4-16)22(28)27-20-13-15(5-10-19(20)26)14-24(11-12-24)23(29)30/h5-10,13,16,21H,1-4,11-12,14H2,(H,27,28)(H,29,30). The van der Waals surface area contributed by atoms with E-state index in [1.54, 1.807) is 24.3 Å². The summed E-state index contributed by atoms with van der Waals surface area (Å²) in [5, 5.41) is 12.8. The van der Waals surface area contributed by atoms with Crippen molar-refractivity contribution in [1.82, 2.24) is 0 Å². The molecule has 2 saturated carbocycles. The number of anilines is 1. The van der Waals surface area contributed by atoms with Gasteiger partial charge in [-0.15, -0.1) is 0 Å². The van der Waals surface area contributed by atoms with Crippen molar-refractivity contribution < 1.29 is 19.1 Å². The molecule has 0 aromatic heterocycles. The second-order valence-electron chi connectivity index (χ2n) is 8.64. The SMILES string of the molecule is O=C(Nc1cc(CC2(C(=O)O)CC2)ccc1F)C(c1ccc(Cl)cc1)C1CCCC1. The Hall–Kier alpha value is -2.40. The average Bonchev–Trinajstić information content (AvgIpc) is 3.31. The van der Waals surface area contributed by atoms with Gasteiger partial charge >= 0.3 is 5.97 Å². The Morgan fingerprint density at radius 3 is 2.40 bits per heavy atom. The van der Waals surface area contributed by atoms with Gasteiger partial charge in [-0.25, -0.2) is 4.39 Å². The first-order valence-corrected chi connectivity index (χ1v) is 10.8. The lowest BCUT2D eigenvalue weighted by molar-refractivity contribution is -0.143. The Bertz CT molecular complexity index is 949. The van der Waals surface area contributed by atoms with E-state index in [4.69, 9.17) is 11.6 Å². The molecule has 30 heavy (non-hydrogen) atoms. The number of rotatable bonds is 7. The quantitative estimate of drug-likeness (QED) is 0.584. The maximum atomic E-state index is 14.5. The van der Waals surface area contributed by atoms with Crippen LogP contribution in [0.3, 0.4) is 0 Å². The summed E-state index contributed by atoms with van der Waals surface area (Å²) in [7, 11) is 0. The molecule has 4 rings (SSSR count). The highest BCUT2D eigenvalue weighted by Crippen LogP contribution is 2.49. The number of amides is 1. The second-order valence-corrected chi connectivity index (χ2v) is 9.08. The van der Waals surface area contributed by atoms with Gasteiger partial charge in [0.1, 0.15) is 5.82 Å². The smallest absolute Gasteiger partial charge is 0.309 e. The molecule has 2 aromatic carbocycles. The minimum Gasteiger partial charge on any atom is -0.481 e. The molecule has 1 unspecified atom stereocenters. The highest BCUT2D eigenvalue weighted by molar-refractivity contribution is 6.30. The number of carboxylic acids is 1. The lowest BCUT2D eigenvalue weighted by Crippen LogP contribution is -2.27. The predicted octanol–water partition coefficient (Wildman–Crippen LogP) is 5.80. The zero-order chi connectivity index (χ0) is 21.3. The second kappa shape index (κ2) is 8.38. The van der Waals surface area contributed by atoms with Crippen LogP contribution < -0.4 is 5.32 Å². The van der Waals surface area contributed by atoms with Crippen LogP contribution in [0.4, 0.5) is 10.1 Å². The summed E-state index contributed by atoms with van der Waals surface area (Å²) in [5.74, 6) is -1.74. The van der Waals surface area contributed by atoms with E-state index in [0.717, 1.165) is 36.8 Å². The van der Waals surface area contributed by atoms with Crippen molar-refractivity contribution in [3.8, 4) is 0 Å². The molecule has 0 aliphatic heterocycles. The van der Waals surface area contributed by atoms with Crippen LogP contribution in [0, 0.1) is 17.2 Å². The number of halogens is 2. The number of hydrogen-bond donors (Lipinski definition) is 2. The third-order valence-corrected chi connectivity index (χ3v) is 6.77. The Morgan fingerprint density at radius 1 is 1.13 bits per heavy atom. The van der Waals surface area contributed by atoms with Crippen molar-refractivity contribution in [2.45, 2.75) is 50.9 Å². The molecule has 0 radical (unpaired) electrons. The minimum absolute atomic E-state index is 0.107. The van der Waals surface area contributed by atoms with Gasteiger partial charge in [0.25, 0.3) is 0 Å². The largest absolute Gasteiger partial charge is 0.481 e. The molecule has 4 nitrogen and oxygen atoms in total. The first-order chi connectivity index (χ1) is 14.4. The van der Waals surface area contributed by atoms with Crippen molar-refractivity contribution in [3.05, 3.63) is 64.4 Å². The number of carboxylic acid groups (broad SMARTS) is 1. The first-order valence-electron chi connectivity index (χ1n) is 10.5. The number of nitrogens with one attached hydrogen (secondary N) is 1. The third kappa shape index (κ3) is 4.36. The van der Waals surface area contributed by atoms with E-state index in [9.17, 15) is 19.1 Å². The van der Waals surface area contributed by atoms with E-state index in [1.165, 1.54) is 6.07 Å². The molecule has 2 fully saturated rings. The Labute approximate surface area is 180 Å². The summed E-state index contributed by atoms with van der Waals surface area (Å²) < 4.78 is 14.5. The molecule has 0 spiro atoms. The molecule has 0 saturated heterocycles. The number of aliphatic carboxylic acids is 1. The molecule has 0 bridgehead atoms. The lowest BCUT2D eigenvalue weighted by atomic mass is 9.84. The van der Waals surface area contributed by atoms with Crippen molar-refractivity contribution in [2.75, 3.05) is 5.32 Å². The number of hydrogen-bond acceptors (Lipinski definition) is 2. The van der Waals surface area contributed by atoms with E-state index in [1.807, 2.05) is 12.1 Å². The van der Waals surface area contributed by atoms with Gasteiger partial charge in [0, 0.05) is 5.02 Å². The molecular formula is C24H25ClFNO3. The maximum Gasteiger partial charge on any atom is 0.309 e. The zero-order valence-corrected chi connectivity index (χ0v) is 17.4. The third-order valence-electron chi connectivity index (χ3n) is 6.52. The Morgan fingerprint density at radius 2 is 1.80 bits per heavy atom. The summed E-state index contributed by atoms with van der Waals surface area (Å²) in [6.07, 6.45) is 5.69. The van der Waals surface area contributed by atoms with Crippen molar-refractivity contribution in [2.24, 2.45) is 11.3 Å². The van der Waals surface area contributed by atoms with Crippen LogP contribution in [0.5, 0.6) is 0 Å². The first kappa shape index (κ1) is 20.9. The van der Waals surface area contributed by atoms with E-state index < -0.39 is 17.2 Å². The molecule has 1 amide bonds. The van der Waals surface area contributed by atoms with Crippen LogP contribution in [0.25, 0.3) is 0 Å². The molecule has 158 valence electrons. The van der Waals surface area contributed by atoms with Crippen molar-refractivity contribution in [3.63, 3.8) is 0 Å². The van der Waals surface area contributed by atoms with Crippen LogP contribution in [-0.2, 0) is 16.0 Å². The van der Waals surface area contributed by atoms with E-state index in [2.05, 4.69) is 5.32 Å². The monoisotopic (exact) mass is 429 g/mol. The maximum absolute atomic E-state index is 14.5. The molecule has 6 heteroatoms. The number of carbonyl (C=O) groups excluding carboxylic acids is 1. The molecule has 2 aliphatic rings. The van der Waals surface area contributed by atoms with Gasteiger partial charge in [-0.05, 0) is 73.4 Å². The highest BCUT2D eigenvalue weighted by atomic mass is 35.5. The predicted molar refractivity (Wildman–Crippen MR) is 114 cm³/mol. The Balaban J connectivity index is 1.56. The highest BCUT2D eigenvalue weighted by Gasteiger charge is 2.50. The Kier molecular flexibility index (Phi) is 5.83. The fourth-order valence-electron chi connectivity index (χ4n) is 4.59. The summed E-state index contributed by atoms with van der Waals surface area (Å²) in [5.41, 5.74) is 0.962. The lowest BCUT2D eigenvalue weighted by Gasteiger charge is -2.23. The van der Waals surface area contributed by atoms with Crippen LogP contribution in [0.2, 0.25) is 5.02 Å².